The summed E-state index contributed by atoms with van der Waals surface area (Å²) in [5.41, 5.74) is 0.914. The van der Waals surface area contributed by atoms with Crippen molar-refractivity contribution in [2.45, 2.75) is 45.1 Å². The zero-order valence-corrected chi connectivity index (χ0v) is 14.5. The topological polar surface area (TPSA) is 41.6 Å². The Kier molecular flexibility index (Phi) is 6.66. The van der Waals surface area contributed by atoms with Crippen LogP contribution in [0.15, 0.2) is 12.1 Å². The molecule has 6 heteroatoms. The van der Waals surface area contributed by atoms with E-state index in [4.69, 9.17) is 16.3 Å². The zero-order valence-electron chi connectivity index (χ0n) is 13.7. The van der Waals surface area contributed by atoms with Crippen molar-refractivity contribution in [2.24, 2.45) is 0 Å². The molecule has 0 aliphatic carbocycles. The van der Waals surface area contributed by atoms with Gasteiger partial charge in [-0.3, -0.25) is 0 Å². The third kappa shape index (κ3) is 4.82. The number of halogens is 2. The van der Waals surface area contributed by atoms with Gasteiger partial charge >= 0.3 is 6.03 Å². The number of benzene rings is 1. The number of nitrogens with zero attached hydrogens (tertiary/aromatic N) is 1. The van der Waals surface area contributed by atoms with Gasteiger partial charge in [-0.1, -0.05) is 11.6 Å². The van der Waals surface area contributed by atoms with Crippen molar-refractivity contribution in [3.8, 4) is 0 Å². The molecule has 0 bridgehead atoms. The van der Waals surface area contributed by atoms with E-state index in [2.05, 4.69) is 5.32 Å². The highest BCUT2D eigenvalue weighted by molar-refractivity contribution is 6.33. The van der Waals surface area contributed by atoms with Crippen molar-refractivity contribution in [3.63, 3.8) is 0 Å². The number of amides is 2. The molecule has 1 atom stereocenters. The van der Waals surface area contributed by atoms with E-state index in [9.17, 15) is 9.18 Å². The minimum atomic E-state index is -0.372. The number of piperidine rings is 1. The first-order valence-corrected chi connectivity index (χ1v) is 8.43. The molecule has 1 aromatic rings. The molecule has 0 radical (unpaired) electrons. The molecule has 1 saturated heterocycles. The van der Waals surface area contributed by atoms with E-state index in [1.54, 1.807) is 20.1 Å². The summed E-state index contributed by atoms with van der Waals surface area (Å²) in [5.74, 6) is -0.372. The number of hydrogen-bond donors (Lipinski definition) is 1. The number of aryl methyl sites for hydroxylation is 1. The van der Waals surface area contributed by atoms with Crippen LogP contribution in [-0.4, -0.2) is 37.2 Å². The first-order chi connectivity index (χ1) is 11.0. The fourth-order valence-electron chi connectivity index (χ4n) is 2.97. The summed E-state index contributed by atoms with van der Waals surface area (Å²) in [6.45, 7) is 3.09. The fourth-order valence-corrected chi connectivity index (χ4v) is 3.17. The van der Waals surface area contributed by atoms with E-state index in [1.165, 1.54) is 6.07 Å². The van der Waals surface area contributed by atoms with Gasteiger partial charge in [-0.25, -0.2) is 9.18 Å². The molecule has 0 saturated carbocycles. The molecular formula is C17H24ClFN2O2. The summed E-state index contributed by atoms with van der Waals surface area (Å²) in [7, 11) is 1.68. The highest BCUT2D eigenvalue weighted by Crippen LogP contribution is 2.27. The fraction of sp³-hybridized carbons (Fsp3) is 0.588. The second-order valence-electron chi connectivity index (χ2n) is 5.99. The summed E-state index contributed by atoms with van der Waals surface area (Å²) in [5, 5.41) is 3.04. The Balaban J connectivity index is 2.04. The zero-order chi connectivity index (χ0) is 16.8. The SMILES string of the molecule is COCCCC1CCCCN1C(=O)Nc1cc(C)c(F)cc1Cl. The van der Waals surface area contributed by atoms with E-state index >= 15 is 0 Å². The smallest absolute Gasteiger partial charge is 0.322 e. The number of carbonyl (C=O) groups excluding carboxylic acids is 1. The number of urea groups is 1. The maximum absolute atomic E-state index is 13.5. The molecule has 1 heterocycles. The largest absolute Gasteiger partial charge is 0.385 e. The second kappa shape index (κ2) is 8.50. The van der Waals surface area contributed by atoms with E-state index in [1.807, 2.05) is 4.90 Å². The van der Waals surface area contributed by atoms with Crippen LogP contribution in [-0.2, 0) is 4.74 Å². The maximum atomic E-state index is 13.5. The van der Waals surface area contributed by atoms with Crippen LogP contribution in [0.5, 0.6) is 0 Å². The quantitative estimate of drug-likeness (QED) is 0.794. The van der Waals surface area contributed by atoms with Gasteiger partial charge in [0.2, 0.25) is 0 Å². The van der Waals surface area contributed by atoms with E-state index < -0.39 is 0 Å². The molecule has 1 aliphatic rings. The van der Waals surface area contributed by atoms with Crippen LogP contribution < -0.4 is 5.32 Å². The summed E-state index contributed by atoms with van der Waals surface area (Å²) in [6, 6.07) is 2.86. The van der Waals surface area contributed by atoms with E-state index in [-0.39, 0.29) is 22.9 Å². The number of nitrogens with one attached hydrogen (secondary N) is 1. The average Bonchev–Trinajstić information content (AvgIpc) is 2.53. The molecule has 0 spiro atoms. The Morgan fingerprint density at radius 3 is 3.00 bits per heavy atom. The van der Waals surface area contributed by atoms with Crippen LogP contribution in [0.3, 0.4) is 0 Å². The number of carbonyl (C=O) groups is 1. The van der Waals surface area contributed by atoms with Gasteiger partial charge in [0, 0.05) is 26.3 Å². The van der Waals surface area contributed by atoms with E-state index in [0.717, 1.165) is 38.6 Å². The highest BCUT2D eigenvalue weighted by Gasteiger charge is 2.26. The van der Waals surface area contributed by atoms with Crippen molar-refractivity contribution in [1.29, 1.82) is 0 Å². The van der Waals surface area contributed by atoms with Crippen LogP contribution in [0.2, 0.25) is 5.02 Å². The van der Waals surface area contributed by atoms with Crippen LogP contribution in [0.1, 0.15) is 37.7 Å². The van der Waals surface area contributed by atoms with Gasteiger partial charge < -0.3 is 15.0 Å². The Bertz CT molecular complexity index is 554. The molecule has 0 aromatic heterocycles. The lowest BCUT2D eigenvalue weighted by Gasteiger charge is -2.36. The maximum Gasteiger partial charge on any atom is 0.322 e. The van der Waals surface area contributed by atoms with Crippen molar-refractivity contribution in [3.05, 3.63) is 28.5 Å². The molecule has 2 rings (SSSR count). The summed E-state index contributed by atoms with van der Waals surface area (Å²) >= 11 is 6.03. The van der Waals surface area contributed by atoms with Gasteiger partial charge in [-0.2, -0.15) is 0 Å². The number of anilines is 1. The summed E-state index contributed by atoms with van der Waals surface area (Å²) in [6.07, 6.45) is 5.01. The lowest BCUT2D eigenvalue weighted by atomic mass is 9.98. The Morgan fingerprint density at radius 2 is 2.26 bits per heavy atom. The minimum Gasteiger partial charge on any atom is -0.385 e. The normalized spacial score (nSPS) is 18.1. The third-order valence-electron chi connectivity index (χ3n) is 4.26. The molecular weight excluding hydrogens is 319 g/mol. The van der Waals surface area contributed by atoms with Crippen molar-refractivity contribution in [1.82, 2.24) is 4.90 Å². The molecule has 1 aromatic carbocycles. The molecule has 1 unspecified atom stereocenters. The van der Waals surface area contributed by atoms with Crippen molar-refractivity contribution in [2.75, 3.05) is 25.6 Å². The van der Waals surface area contributed by atoms with Crippen molar-refractivity contribution >= 4 is 23.3 Å². The monoisotopic (exact) mass is 342 g/mol. The van der Waals surface area contributed by atoms with Gasteiger partial charge in [0.05, 0.1) is 10.7 Å². The predicted molar refractivity (Wildman–Crippen MR) is 90.6 cm³/mol. The highest BCUT2D eigenvalue weighted by atomic mass is 35.5. The van der Waals surface area contributed by atoms with Crippen LogP contribution >= 0.6 is 11.6 Å². The van der Waals surface area contributed by atoms with Gasteiger partial charge in [-0.05, 0) is 56.7 Å². The minimum absolute atomic E-state index is 0.167. The van der Waals surface area contributed by atoms with Crippen LogP contribution in [0.4, 0.5) is 14.9 Å². The molecule has 128 valence electrons. The number of likely N-dealkylation sites (tertiary alicyclic amines) is 1. The lowest BCUT2D eigenvalue weighted by Crippen LogP contribution is -2.46. The molecule has 1 aliphatic heterocycles. The van der Waals surface area contributed by atoms with Gasteiger partial charge in [-0.15, -0.1) is 0 Å². The number of methoxy groups -OCH3 is 1. The third-order valence-corrected chi connectivity index (χ3v) is 4.58. The van der Waals surface area contributed by atoms with Gasteiger partial charge in [0.15, 0.2) is 0 Å². The van der Waals surface area contributed by atoms with Gasteiger partial charge in [0.25, 0.3) is 0 Å². The Hall–Kier alpha value is -1.33. The summed E-state index contributed by atoms with van der Waals surface area (Å²) < 4.78 is 18.6. The lowest BCUT2D eigenvalue weighted by molar-refractivity contribution is 0.141. The van der Waals surface area contributed by atoms with Crippen LogP contribution in [0, 0.1) is 12.7 Å². The second-order valence-corrected chi connectivity index (χ2v) is 6.40. The Labute approximate surface area is 141 Å². The molecule has 23 heavy (non-hydrogen) atoms. The Morgan fingerprint density at radius 1 is 1.48 bits per heavy atom. The van der Waals surface area contributed by atoms with Crippen LogP contribution in [0.25, 0.3) is 0 Å². The first kappa shape index (κ1) is 18.0. The van der Waals surface area contributed by atoms with Crippen molar-refractivity contribution < 1.29 is 13.9 Å². The number of hydrogen-bond acceptors (Lipinski definition) is 2. The molecule has 2 amide bonds. The number of rotatable bonds is 5. The molecule has 1 N–H and O–H groups in total. The summed E-state index contributed by atoms with van der Waals surface area (Å²) in [4.78, 5) is 14.5. The standard InChI is InChI=1S/C17H24ClFN2O2/c1-12-10-16(14(18)11-15(12)19)20-17(22)21-8-4-3-6-13(21)7-5-9-23-2/h10-11,13H,3-9H2,1-2H3,(H,20,22). The molecule has 4 nitrogen and oxygen atoms in total. The predicted octanol–water partition coefficient (Wildman–Crippen LogP) is 4.60. The number of ether oxygens (including phenoxy) is 1. The first-order valence-electron chi connectivity index (χ1n) is 8.05. The average molecular weight is 343 g/mol. The molecule has 1 fully saturated rings. The van der Waals surface area contributed by atoms with E-state index in [0.29, 0.717) is 17.9 Å². The van der Waals surface area contributed by atoms with Gasteiger partial charge in [0.1, 0.15) is 5.82 Å².